The van der Waals surface area contributed by atoms with Gasteiger partial charge in [-0.25, -0.2) is 9.50 Å². The SMILES string of the molecule is CC(C)NC(=O)c1cnn2ccc(N[C@@H](C)c3ccccc3)nc12. The van der Waals surface area contributed by atoms with Crippen LogP contribution >= 0.6 is 0 Å². The summed E-state index contributed by atoms with van der Waals surface area (Å²) in [7, 11) is 0. The highest BCUT2D eigenvalue weighted by atomic mass is 16.1. The lowest BCUT2D eigenvalue weighted by atomic mass is 10.1. The van der Waals surface area contributed by atoms with Crippen molar-refractivity contribution in [3.8, 4) is 0 Å². The predicted molar refractivity (Wildman–Crippen MR) is 94.1 cm³/mol. The van der Waals surface area contributed by atoms with Crippen molar-refractivity contribution >= 4 is 17.4 Å². The number of carbonyl (C=O) groups is 1. The van der Waals surface area contributed by atoms with Crippen molar-refractivity contribution in [2.75, 3.05) is 5.32 Å². The minimum absolute atomic E-state index is 0.0619. The molecule has 0 bridgehead atoms. The molecule has 3 rings (SSSR count). The molecule has 24 heavy (non-hydrogen) atoms. The minimum atomic E-state index is -0.166. The molecular weight excluding hydrogens is 302 g/mol. The fourth-order valence-corrected chi connectivity index (χ4v) is 2.50. The van der Waals surface area contributed by atoms with Crippen molar-refractivity contribution < 1.29 is 4.79 Å². The number of hydrogen-bond acceptors (Lipinski definition) is 4. The molecule has 0 aliphatic carbocycles. The van der Waals surface area contributed by atoms with Gasteiger partial charge in [0.1, 0.15) is 11.4 Å². The smallest absolute Gasteiger partial charge is 0.256 e. The van der Waals surface area contributed by atoms with E-state index in [9.17, 15) is 4.79 Å². The van der Waals surface area contributed by atoms with Crippen LogP contribution in [0.25, 0.3) is 5.65 Å². The lowest BCUT2D eigenvalue weighted by Gasteiger charge is -2.15. The quantitative estimate of drug-likeness (QED) is 0.757. The maximum absolute atomic E-state index is 12.3. The number of nitrogens with zero attached hydrogens (tertiary/aromatic N) is 3. The standard InChI is InChI=1S/C18H21N5O/c1-12(2)20-18(24)15-11-19-23-10-9-16(22-17(15)23)21-13(3)14-7-5-4-6-8-14/h4-13H,1-3H3,(H,20,24)(H,21,22)/t13-/m0/s1. The van der Waals surface area contributed by atoms with Crippen molar-refractivity contribution in [3.05, 3.63) is 59.9 Å². The van der Waals surface area contributed by atoms with E-state index in [0.29, 0.717) is 17.0 Å². The number of hydrogen-bond donors (Lipinski definition) is 2. The monoisotopic (exact) mass is 323 g/mol. The summed E-state index contributed by atoms with van der Waals surface area (Å²) in [4.78, 5) is 16.8. The number of nitrogens with one attached hydrogen (secondary N) is 2. The largest absolute Gasteiger partial charge is 0.363 e. The summed E-state index contributed by atoms with van der Waals surface area (Å²) in [5.74, 6) is 0.540. The first-order valence-electron chi connectivity index (χ1n) is 8.01. The molecule has 124 valence electrons. The Labute approximate surface area is 140 Å². The molecule has 0 saturated carbocycles. The number of aromatic nitrogens is 3. The second-order valence-electron chi connectivity index (χ2n) is 6.04. The van der Waals surface area contributed by atoms with Gasteiger partial charge in [0.25, 0.3) is 5.91 Å². The third kappa shape index (κ3) is 3.37. The second-order valence-corrected chi connectivity index (χ2v) is 6.04. The van der Waals surface area contributed by atoms with Gasteiger partial charge in [0.15, 0.2) is 5.65 Å². The molecule has 0 saturated heterocycles. The normalized spacial score (nSPS) is 12.3. The van der Waals surface area contributed by atoms with E-state index in [1.165, 1.54) is 5.56 Å². The Kier molecular flexibility index (Phi) is 4.46. The lowest BCUT2D eigenvalue weighted by Crippen LogP contribution is -2.30. The van der Waals surface area contributed by atoms with Crippen LogP contribution in [-0.4, -0.2) is 26.5 Å². The van der Waals surface area contributed by atoms with Crippen molar-refractivity contribution in [3.63, 3.8) is 0 Å². The van der Waals surface area contributed by atoms with Crippen LogP contribution in [0.3, 0.4) is 0 Å². The molecule has 1 amide bonds. The van der Waals surface area contributed by atoms with Gasteiger partial charge in [0, 0.05) is 18.3 Å². The molecule has 1 aromatic carbocycles. The topological polar surface area (TPSA) is 71.3 Å². The van der Waals surface area contributed by atoms with E-state index in [-0.39, 0.29) is 18.0 Å². The van der Waals surface area contributed by atoms with Crippen molar-refractivity contribution in [1.29, 1.82) is 0 Å². The summed E-state index contributed by atoms with van der Waals surface area (Å²) in [6.07, 6.45) is 3.35. The summed E-state index contributed by atoms with van der Waals surface area (Å²) >= 11 is 0. The molecule has 1 atom stereocenters. The van der Waals surface area contributed by atoms with Gasteiger partial charge >= 0.3 is 0 Å². The number of anilines is 1. The van der Waals surface area contributed by atoms with Crippen LogP contribution in [-0.2, 0) is 0 Å². The average Bonchev–Trinajstić information content (AvgIpc) is 2.98. The zero-order valence-corrected chi connectivity index (χ0v) is 14.0. The molecule has 0 radical (unpaired) electrons. The van der Waals surface area contributed by atoms with Gasteiger partial charge in [-0.1, -0.05) is 30.3 Å². The molecule has 6 heteroatoms. The van der Waals surface area contributed by atoms with E-state index in [2.05, 4.69) is 39.8 Å². The molecule has 0 unspecified atom stereocenters. The minimum Gasteiger partial charge on any atom is -0.363 e. The maximum Gasteiger partial charge on any atom is 0.256 e. The van der Waals surface area contributed by atoms with Gasteiger partial charge < -0.3 is 10.6 Å². The zero-order chi connectivity index (χ0) is 17.1. The van der Waals surface area contributed by atoms with Crippen molar-refractivity contribution in [2.45, 2.75) is 32.9 Å². The summed E-state index contributed by atoms with van der Waals surface area (Å²) in [5, 5.41) is 10.4. The average molecular weight is 323 g/mol. The van der Waals surface area contributed by atoms with Crippen LogP contribution in [0, 0.1) is 0 Å². The highest BCUT2D eigenvalue weighted by molar-refractivity contribution is 5.99. The Balaban J connectivity index is 1.86. The third-order valence-corrected chi connectivity index (χ3v) is 3.70. The molecule has 3 aromatic rings. The van der Waals surface area contributed by atoms with Crippen LogP contribution in [0.2, 0.25) is 0 Å². The molecule has 6 nitrogen and oxygen atoms in total. The molecule has 0 fully saturated rings. The van der Waals surface area contributed by atoms with Crippen LogP contribution in [0.1, 0.15) is 42.7 Å². The molecule has 2 heterocycles. The zero-order valence-electron chi connectivity index (χ0n) is 14.0. The molecular formula is C18H21N5O. The van der Waals surface area contributed by atoms with Crippen LogP contribution in [0.5, 0.6) is 0 Å². The Morgan fingerprint density at radius 2 is 1.88 bits per heavy atom. The third-order valence-electron chi connectivity index (χ3n) is 3.70. The number of fused-ring (bicyclic) bond motifs is 1. The predicted octanol–water partition coefficient (Wildman–Crippen LogP) is 3.04. The van der Waals surface area contributed by atoms with E-state index in [1.807, 2.05) is 38.1 Å². The first-order valence-corrected chi connectivity index (χ1v) is 8.01. The summed E-state index contributed by atoms with van der Waals surface area (Å²) < 4.78 is 1.60. The summed E-state index contributed by atoms with van der Waals surface area (Å²) in [6.45, 7) is 5.92. The second kappa shape index (κ2) is 6.70. The van der Waals surface area contributed by atoms with Gasteiger partial charge in [0.2, 0.25) is 0 Å². The van der Waals surface area contributed by atoms with Gasteiger partial charge in [-0.15, -0.1) is 0 Å². The first kappa shape index (κ1) is 16.0. The molecule has 0 spiro atoms. The Bertz CT molecular complexity index is 841. The highest BCUT2D eigenvalue weighted by Gasteiger charge is 2.15. The van der Waals surface area contributed by atoms with Gasteiger partial charge in [-0.05, 0) is 32.4 Å². The van der Waals surface area contributed by atoms with Gasteiger partial charge in [0.05, 0.1) is 6.20 Å². The van der Waals surface area contributed by atoms with Gasteiger partial charge in [-0.2, -0.15) is 5.10 Å². The maximum atomic E-state index is 12.3. The number of rotatable bonds is 5. The van der Waals surface area contributed by atoms with E-state index < -0.39 is 0 Å². The van der Waals surface area contributed by atoms with Crippen molar-refractivity contribution in [2.24, 2.45) is 0 Å². The molecule has 2 aromatic heterocycles. The lowest BCUT2D eigenvalue weighted by molar-refractivity contribution is 0.0944. The number of amides is 1. The summed E-state index contributed by atoms with van der Waals surface area (Å²) in [5.41, 5.74) is 2.18. The highest BCUT2D eigenvalue weighted by Crippen LogP contribution is 2.19. The Hall–Kier alpha value is -2.89. The Morgan fingerprint density at radius 3 is 2.58 bits per heavy atom. The Morgan fingerprint density at radius 1 is 1.12 bits per heavy atom. The fourth-order valence-electron chi connectivity index (χ4n) is 2.50. The van der Waals surface area contributed by atoms with E-state index in [4.69, 9.17) is 0 Å². The van der Waals surface area contributed by atoms with Crippen LogP contribution in [0.15, 0.2) is 48.8 Å². The number of carbonyl (C=O) groups excluding carboxylic acids is 1. The van der Waals surface area contributed by atoms with Gasteiger partial charge in [-0.3, -0.25) is 4.79 Å². The van der Waals surface area contributed by atoms with E-state index >= 15 is 0 Å². The molecule has 0 aliphatic heterocycles. The van der Waals surface area contributed by atoms with E-state index in [1.54, 1.807) is 16.9 Å². The van der Waals surface area contributed by atoms with Crippen LogP contribution in [0.4, 0.5) is 5.82 Å². The van der Waals surface area contributed by atoms with Crippen molar-refractivity contribution in [1.82, 2.24) is 19.9 Å². The first-order chi connectivity index (χ1) is 11.5. The van der Waals surface area contributed by atoms with Crippen LogP contribution < -0.4 is 10.6 Å². The summed E-state index contributed by atoms with van der Waals surface area (Å²) in [6, 6.07) is 12.2. The number of benzene rings is 1. The fraction of sp³-hybridized carbons (Fsp3) is 0.278. The van der Waals surface area contributed by atoms with E-state index in [0.717, 1.165) is 0 Å². The molecule has 2 N–H and O–H groups in total. The molecule has 0 aliphatic rings.